The fourth-order valence-corrected chi connectivity index (χ4v) is 1.47. The van der Waals surface area contributed by atoms with Crippen molar-refractivity contribution in [3.05, 3.63) is 0 Å². The molecule has 0 aromatic rings. The van der Waals surface area contributed by atoms with Crippen LogP contribution in [-0.2, 0) is 4.79 Å². The summed E-state index contributed by atoms with van der Waals surface area (Å²) in [7, 11) is 0. The van der Waals surface area contributed by atoms with E-state index in [0.29, 0.717) is 0 Å². The van der Waals surface area contributed by atoms with Crippen molar-refractivity contribution in [3.63, 3.8) is 0 Å². The van der Waals surface area contributed by atoms with Gasteiger partial charge in [-0.05, 0) is 19.4 Å². The van der Waals surface area contributed by atoms with E-state index in [2.05, 4.69) is 33.2 Å². The molecule has 11 heavy (non-hydrogen) atoms. The molecule has 1 aliphatic heterocycles. The zero-order valence-corrected chi connectivity index (χ0v) is 8.56. The van der Waals surface area contributed by atoms with Crippen LogP contribution in [-0.4, -0.2) is 29.5 Å². The normalized spacial score (nSPS) is 23.5. The number of carbonyl (C=O) groups is 1. The molecule has 1 unspecified atom stereocenters. The van der Waals surface area contributed by atoms with Gasteiger partial charge in [0.15, 0.2) is 0 Å². The highest BCUT2D eigenvalue weighted by Gasteiger charge is 2.20. The Morgan fingerprint density at radius 3 is 3.09 bits per heavy atom. The lowest BCUT2D eigenvalue weighted by Crippen LogP contribution is -2.40. The number of rotatable bonds is 3. The van der Waals surface area contributed by atoms with Crippen LogP contribution in [0.5, 0.6) is 0 Å². The Morgan fingerprint density at radius 2 is 2.55 bits per heavy atom. The van der Waals surface area contributed by atoms with Crippen LogP contribution in [0.4, 0.5) is 0 Å². The van der Waals surface area contributed by atoms with E-state index in [-0.39, 0.29) is 11.9 Å². The maximum absolute atomic E-state index is 11.2. The van der Waals surface area contributed by atoms with Gasteiger partial charge in [-0.25, -0.2) is 0 Å². The molecule has 0 spiro atoms. The summed E-state index contributed by atoms with van der Waals surface area (Å²) < 4.78 is 0.982. The van der Waals surface area contributed by atoms with E-state index in [1.807, 2.05) is 0 Å². The van der Waals surface area contributed by atoms with Crippen molar-refractivity contribution in [1.82, 2.24) is 10.6 Å². The molecular formula is C7H13IN2O. The van der Waals surface area contributed by atoms with Gasteiger partial charge in [-0.3, -0.25) is 4.79 Å². The molecule has 1 heterocycles. The summed E-state index contributed by atoms with van der Waals surface area (Å²) in [4.78, 5) is 11.2. The van der Waals surface area contributed by atoms with Gasteiger partial charge in [0, 0.05) is 11.0 Å². The Kier molecular flexibility index (Phi) is 4.14. The molecule has 1 amide bonds. The molecule has 1 saturated heterocycles. The maximum Gasteiger partial charge on any atom is 0.237 e. The molecule has 1 atom stereocenters. The molecule has 1 fully saturated rings. The van der Waals surface area contributed by atoms with E-state index >= 15 is 0 Å². The van der Waals surface area contributed by atoms with Gasteiger partial charge < -0.3 is 10.6 Å². The monoisotopic (exact) mass is 268 g/mol. The largest absolute Gasteiger partial charge is 0.354 e. The lowest BCUT2D eigenvalue weighted by Gasteiger charge is -2.09. The summed E-state index contributed by atoms with van der Waals surface area (Å²) in [5.41, 5.74) is 0. The SMILES string of the molecule is O=C(NCCI)C1CCCN1. The first-order chi connectivity index (χ1) is 5.34. The number of hydrogen-bond donors (Lipinski definition) is 2. The van der Waals surface area contributed by atoms with Crippen LogP contribution >= 0.6 is 22.6 Å². The Bertz CT molecular complexity index is 134. The third-order valence-electron chi connectivity index (χ3n) is 1.77. The summed E-state index contributed by atoms with van der Waals surface area (Å²) >= 11 is 2.25. The van der Waals surface area contributed by atoms with Crippen LogP contribution in [0.25, 0.3) is 0 Å². The Labute approximate surface area is 80.4 Å². The predicted molar refractivity (Wildman–Crippen MR) is 52.9 cm³/mol. The first-order valence-electron chi connectivity index (χ1n) is 3.91. The number of nitrogens with one attached hydrogen (secondary N) is 2. The van der Waals surface area contributed by atoms with Crippen molar-refractivity contribution in [3.8, 4) is 0 Å². The Hall–Kier alpha value is 0.160. The summed E-state index contributed by atoms with van der Waals surface area (Å²) in [5, 5.41) is 6.02. The predicted octanol–water partition coefficient (Wildman–Crippen LogP) is 0.290. The Morgan fingerprint density at radius 1 is 1.73 bits per heavy atom. The van der Waals surface area contributed by atoms with Gasteiger partial charge in [0.2, 0.25) is 5.91 Å². The van der Waals surface area contributed by atoms with E-state index < -0.39 is 0 Å². The van der Waals surface area contributed by atoms with Crippen molar-refractivity contribution in [2.75, 3.05) is 17.5 Å². The van der Waals surface area contributed by atoms with E-state index in [1.54, 1.807) is 0 Å². The summed E-state index contributed by atoms with van der Waals surface area (Å²) in [5.74, 6) is 0.166. The van der Waals surface area contributed by atoms with Crippen molar-refractivity contribution < 1.29 is 4.79 Å². The quantitative estimate of drug-likeness (QED) is 0.570. The first-order valence-corrected chi connectivity index (χ1v) is 5.44. The minimum atomic E-state index is 0.0814. The van der Waals surface area contributed by atoms with Crippen molar-refractivity contribution in [2.45, 2.75) is 18.9 Å². The molecule has 0 saturated carbocycles. The highest BCUT2D eigenvalue weighted by atomic mass is 127. The fraction of sp³-hybridized carbons (Fsp3) is 0.857. The smallest absolute Gasteiger partial charge is 0.237 e. The van der Waals surface area contributed by atoms with Crippen molar-refractivity contribution >= 4 is 28.5 Å². The number of carbonyl (C=O) groups excluding carboxylic acids is 1. The van der Waals surface area contributed by atoms with Crippen LogP contribution in [0.15, 0.2) is 0 Å². The van der Waals surface area contributed by atoms with E-state index in [9.17, 15) is 4.79 Å². The number of hydrogen-bond acceptors (Lipinski definition) is 2. The second-order valence-corrected chi connectivity index (χ2v) is 3.71. The molecule has 0 aliphatic carbocycles. The van der Waals surface area contributed by atoms with Gasteiger partial charge in [0.05, 0.1) is 6.04 Å². The van der Waals surface area contributed by atoms with Gasteiger partial charge in [0.1, 0.15) is 0 Å². The summed E-state index contributed by atoms with van der Waals surface area (Å²) in [6.45, 7) is 1.78. The average Bonchev–Trinajstić information content (AvgIpc) is 2.52. The number of halogens is 1. The highest BCUT2D eigenvalue weighted by Crippen LogP contribution is 2.03. The molecule has 4 heteroatoms. The van der Waals surface area contributed by atoms with Gasteiger partial charge in [-0.15, -0.1) is 0 Å². The maximum atomic E-state index is 11.2. The van der Waals surface area contributed by atoms with Crippen LogP contribution in [0.2, 0.25) is 0 Å². The van der Waals surface area contributed by atoms with E-state index in [4.69, 9.17) is 0 Å². The van der Waals surface area contributed by atoms with Crippen LogP contribution in [0.3, 0.4) is 0 Å². The first kappa shape index (κ1) is 9.25. The third-order valence-corrected chi connectivity index (χ3v) is 2.31. The van der Waals surface area contributed by atoms with Gasteiger partial charge in [-0.2, -0.15) is 0 Å². The van der Waals surface area contributed by atoms with Crippen LogP contribution in [0, 0.1) is 0 Å². The van der Waals surface area contributed by atoms with Crippen LogP contribution in [0.1, 0.15) is 12.8 Å². The second kappa shape index (κ2) is 4.92. The summed E-state index contributed by atoms with van der Waals surface area (Å²) in [6, 6.07) is 0.0814. The minimum absolute atomic E-state index is 0.0814. The average molecular weight is 268 g/mol. The van der Waals surface area contributed by atoms with Gasteiger partial charge >= 0.3 is 0 Å². The fourth-order valence-electron chi connectivity index (χ4n) is 1.20. The minimum Gasteiger partial charge on any atom is -0.354 e. The molecule has 1 aliphatic rings. The molecule has 2 N–H and O–H groups in total. The standard InChI is InChI=1S/C7H13IN2O/c8-3-5-10-7(11)6-2-1-4-9-6/h6,9H,1-5H2,(H,10,11). The van der Waals surface area contributed by atoms with E-state index in [0.717, 1.165) is 30.4 Å². The zero-order chi connectivity index (χ0) is 8.10. The highest BCUT2D eigenvalue weighted by molar-refractivity contribution is 14.1. The second-order valence-electron chi connectivity index (χ2n) is 2.63. The van der Waals surface area contributed by atoms with Crippen molar-refractivity contribution in [2.24, 2.45) is 0 Å². The molecule has 0 aromatic carbocycles. The molecular weight excluding hydrogens is 255 g/mol. The Balaban J connectivity index is 2.17. The summed E-state index contributed by atoms with van der Waals surface area (Å²) in [6.07, 6.45) is 2.12. The molecule has 3 nitrogen and oxygen atoms in total. The molecule has 0 radical (unpaired) electrons. The number of amides is 1. The molecule has 0 bridgehead atoms. The van der Waals surface area contributed by atoms with Gasteiger partial charge in [0.25, 0.3) is 0 Å². The van der Waals surface area contributed by atoms with E-state index in [1.165, 1.54) is 0 Å². The lowest BCUT2D eigenvalue weighted by atomic mass is 10.2. The zero-order valence-electron chi connectivity index (χ0n) is 6.40. The topological polar surface area (TPSA) is 41.1 Å². The number of alkyl halides is 1. The molecule has 1 rings (SSSR count). The van der Waals surface area contributed by atoms with Crippen molar-refractivity contribution in [1.29, 1.82) is 0 Å². The molecule has 0 aromatic heterocycles. The molecule has 64 valence electrons. The third kappa shape index (κ3) is 2.94. The lowest BCUT2D eigenvalue weighted by molar-refractivity contribution is -0.122. The van der Waals surface area contributed by atoms with Gasteiger partial charge in [-0.1, -0.05) is 22.6 Å². The van der Waals surface area contributed by atoms with Crippen LogP contribution < -0.4 is 10.6 Å².